The number of anilines is 1. The van der Waals surface area contributed by atoms with Crippen LogP contribution in [0.2, 0.25) is 0 Å². The van der Waals surface area contributed by atoms with Crippen LogP contribution < -0.4 is 10.6 Å². The van der Waals surface area contributed by atoms with Crippen molar-refractivity contribution in [2.75, 3.05) is 37.6 Å². The van der Waals surface area contributed by atoms with Crippen LogP contribution in [0.1, 0.15) is 23.7 Å². The summed E-state index contributed by atoms with van der Waals surface area (Å²) in [4.78, 5) is 21.2. The van der Waals surface area contributed by atoms with Gasteiger partial charge in [0, 0.05) is 49.8 Å². The molecule has 6 heteroatoms. The normalized spacial score (nSPS) is 15.4. The molecule has 0 bridgehead atoms. The van der Waals surface area contributed by atoms with Crippen molar-refractivity contribution >= 4 is 17.2 Å². The molecule has 4 rings (SSSR count). The molecule has 0 radical (unpaired) electrons. The third-order valence-electron chi connectivity index (χ3n) is 5.19. The van der Waals surface area contributed by atoms with E-state index in [0.717, 1.165) is 37.4 Å². The highest BCUT2D eigenvalue weighted by atomic mass is 16.1. The van der Waals surface area contributed by atoms with E-state index in [-0.39, 0.29) is 0 Å². The number of benzene rings is 1. The van der Waals surface area contributed by atoms with Crippen molar-refractivity contribution in [3.05, 3.63) is 54.4 Å². The molecule has 6 nitrogen and oxygen atoms in total. The molecule has 0 spiro atoms. The molecule has 1 aliphatic heterocycles. The molecule has 2 N–H and O–H groups in total. The van der Waals surface area contributed by atoms with Crippen molar-refractivity contribution in [2.45, 2.75) is 13.3 Å². The number of hydrogen-bond donors (Lipinski definition) is 1. The van der Waals surface area contributed by atoms with Crippen molar-refractivity contribution in [3.8, 4) is 11.3 Å². The van der Waals surface area contributed by atoms with Crippen molar-refractivity contribution < 1.29 is 4.79 Å². The second-order valence-electron chi connectivity index (χ2n) is 7.02. The van der Waals surface area contributed by atoms with E-state index in [0.29, 0.717) is 11.2 Å². The summed E-state index contributed by atoms with van der Waals surface area (Å²) in [5.74, 6) is -0.463. The maximum atomic E-state index is 11.6. The Hall–Kier alpha value is -2.86. The minimum atomic E-state index is -0.463. The molecule has 27 heavy (non-hydrogen) atoms. The van der Waals surface area contributed by atoms with Crippen LogP contribution in [-0.2, 0) is 0 Å². The third kappa shape index (κ3) is 3.53. The Morgan fingerprint density at radius 1 is 1.11 bits per heavy atom. The molecule has 0 atom stereocenters. The van der Waals surface area contributed by atoms with Gasteiger partial charge >= 0.3 is 0 Å². The topological polar surface area (TPSA) is 66.9 Å². The molecule has 3 heterocycles. The lowest BCUT2D eigenvalue weighted by atomic mass is 10.1. The van der Waals surface area contributed by atoms with Gasteiger partial charge in [-0.1, -0.05) is 19.1 Å². The molecule has 0 saturated carbocycles. The van der Waals surface area contributed by atoms with E-state index in [1.54, 1.807) is 12.1 Å². The number of amides is 1. The Labute approximate surface area is 159 Å². The fraction of sp³-hybridized carbons (Fsp3) is 0.333. The summed E-state index contributed by atoms with van der Waals surface area (Å²) in [6.45, 7) is 7.80. The maximum absolute atomic E-state index is 11.6. The van der Waals surface area contributed by atoms with E-state index in [2.05, 4.69) is 46.0 Å². The van der Waals surface area contributed by atoms with Crippen LogP contribution in [0.25, 0.3) is 16.9 Å². The van der Waals surface area contributed by atoms with Gasteiger partial charge in [0.05, 0.1) is 11.3 Å². The maximum Gasteiger partial charge on any atom is 0.252 e. The number of aromatic nitrogens is 2. The van der Waals surface area contributed by atoms with Crippen LogP contribution in [0, 0.1) is 0 Å². The molecule has 0 unspecified atom stereocenters. The van der Waals surface area contributed by atoms with Crippen LogP contribution in [0.4, 0.5) is 5.69 Å². The van der Waals surface area contributed by atoms with Gasteiger partial charge in [0.2, 0.25) is 0 Å². The van der Waals surface area contributed by atoms with E-state index in [9.17, 15) is 4.79 Å². The number of nitrogens with zero attached hydrogens (tertiary/aromatic N) is 4. The summed E-state index contributed by atoms with van der Waals surface area (Å²) in [5.41, 5.74) is 9.60. The quantitative estimate of drug-likeness (QED) is 0.757. The number of imidazole rings is 1. The second kappa shape index (κ2) is 7.40. The summed E-state index contributed by atoms with van der Waals surface area (Å²) >= 11 is 0. The zero-order valence-corrected chi connectivity index (χ0v) is 15.6. The number of piperazine rings is 1. The number of nitrogens with two attached hydrogens (primary N) is 1. The van der Waals surface area contributed by atoms with Gasteiger partial charge in [-0.3, -0.25) is 9.69 Å². The molecule has 140 valence electrons. The molecule has 1 saturated heterocycles. The number of fused-ring (bicyclic) bond motifs is 1. The molecular weight excluding hydrogens is 338 g/mol. The highest BCUT2D eigenvalue weighted by Crippen LogP contribution is 2.24. The van der Waals surface area contributed by atoms with Gasteiger partial charge in [-0.2, -0.15) is 0 Å². The van der Waals surface area contributed by atoms with Crippen molar-refractivity contribution in [1.82, 2.24) is 14.3 Å². The Kier molecular flexibility index (Phi) is 4.81. The Bertz CT molecular complexity index is 939. The predicted molar refractivity (Wildman–Crippen MR) is 108 cm³/mol. The van der Waals surface area contributed by atoms with Crippen LogP contribution in [0.3, 0.4) is 0 Å². The zero-order valence-electron chi connectivity index (χ0n) is 15.6. The zero-order chi connectivity index (χ0) is 18.8. The third-order valence-corrected chi connectivity index (χ3v) is 5.19. The predicted octanol–water partition coefficient (Wildman–Crippen LogP) is 2.63. The minimum absolute atomic E-state index is 0.435. The Morgan fingerprint density at radius 2 is 1.85 bits per heavy atom. The van der Waals surface area contributed by atoms with Gasteiger partial charge in [0.25, 0.3) is 5.91 Å². The van der Waals surface area contributed by atoms with Gasteiger partial charge in [-0.15, -0.1) is 0 Å². The van der Waals surface area contributed by atoms with E-state index >= 15 is 0 Å². The van der Waals surface area contributed by atoms with Crippen molar-refractivity contribution in [3.63, 3.8) is 0 Å². The first-order valence-corrected chi connectivity index (χ1v) is 9.51. The number of rotatable bonds is 5. The fourth-order valence-electron chi connectivity index (χ4n) is 3.73. The number of primary amides is 1. The lowest BCUT2D eigenvalue weighted by Gasteiger charge is -2.36. The van der Waals surface area contributed by atoms with Crippen molar-refractivity contribution in [2.24, 2.45) is 5.73 Å². The Balaban J connectivity index is 1.54. The van der Waals surface area contributed by atoms with Crippen LogP contribution in [0.15, 0.2) is 48.8 Å². The van der Waals surface area contributed by atoms with E-state index in [1.807, 2.05) is 16.8 Å². The van der Waals surface area contributed by atoms with Crippen LogP contribution in [-0.4, -0.2) is 52.9 Å². The molecule has 1 aliphatic rings. The minimum Gasteiger partial charge on any atom is -0.369 e. The van der Waals surface area contributed by atoms with Gasteiger partial charge < -0.3 is 15.0 Å². The molecule has 2 aromatic heterocycles. The highest BCUT2D eigenvalue weighted by molar-refractivity contribution is 5.98. The lowest BCUT2D eigenvalue weighted by Crippen LogP contribution is -2.46. The van der Waals surface area contributed by atoms with Crippen molar-refractivity contribution in [1.29, 1.82) is 0 Å². The molecule has 1 amide bonds. The van der Waals surface area contributed by atoms with E-state index in [4.69, 9.17) is 5.73 Å². The van der Waals surface area contributed by atoms with Crippen LogP contribution in [0.5, 0.6) is 0 Å². The van der Waals surface area contributed by atoms with Gasteiger partial charge in [-0.25, -0.2) is 4.98 Å². The first-order valence-electron chi connectivity index (χ1n) is 9.51. The SMILES string of the molecule is CCCN1CCN(c2ccc(-c3cn4cccc(C(N)=O)c4n3)cc2)CC1. The first-order chi connectivity index (χ1) is 13.2. The summed E-state index contributed by atoms with van der Waals surface area (Å²) < 4.78 is 1.84. The molecule has 1 aromatic carbocycles. The van der Waals surface area contributed by atoms with Gasteiger partial charge in [-0.05, 0) is 37.2 Å². The van der Waals surface area contributed by atoms with E-state index < -0.39 is 5.91 Å². The molecule has 1 fully saturated rings. The second-order valence-corrected chi connectivity index (χ2v) is 7.02. The molecule has 0 aliphatic carbocycles. The lowest BCUT2D eigenvalue weighted by molar-refractivity contribution is 0.100. The number of carbonyl (C=O) groups excluding carboxylic acids is 1. The smallest absolute Gasteiger partial charge is 0.252 e. The number of pyridine rings is 1. The van der Waals surface area contributed by atoms with Gasteiger partial charge in [0.15, 0.2) is 0 Å². The summed E-state index contributed by atoms with van der Waals surface area (Å²) in [5, 5.41) is 0. The van der Waals surface area contributed by atoms with Gasteiger partial charge in [0.1, 0.15) is 5.65 Å². The average molecular weight is 363 g/mol. The molecule has 3 aromatic rings. The number of hydrogen-bond acceptors (Lipinski definition) is 4. The summed E-state index contributed by atoms with van der Waals surface area (Å²) in [6.07, 6.45) is 5.02. The monoisotopic (exact) mass is 363 g/mol. The van der Waals surface area contributed by atoms with Crippen LogP contribution >= 0.6 is 0 Å². The largest absolute Gasteiger partial charge is 0.369 e. The molecular formula is C21H25N5O. The summed E-state index contributed by atoms with van der Waals surface area (Å²) in [6, 6.07) is 12.0. The standard InChI is InChI=1S/C21H25N5O/c1-2-9-24-11-13-25(14-12-24)17-7-5-16(6-8-17)19-15-26-10-3-4-18(20(22)27)21(26)23-19/h3-8,10,15H,2,9,11-14H2,1H3,(H2,22,27). The van der Waals surface area contributed by atoms with E-state index in [1.165, 1.54) is 18.7 Å². The average Bonchev–Trinajstić information content (AvgIpc) is 3.13. The Morgan fingerprint density at radius 3 is 2.52 bits per heavy atom. The number of carbonyl (C=O) groups is 1. The summed E-state index contributed by atoms with van der Waals surface area (Å²) in [7, 11) is 0. The first kappa shape index (κ1) is 17.5. The fourth-order valence-corrected chi connectivity index (χ4v) is 3.73. The highest BCUT2D eigenvalue weighted by Gasteiger charge is 2.17.